The van der Waals surface area contributed by atoms with Gasteiger partial charge in [-0.15, -0.1) is 11.3 Å². The second-order valence-electron chi connectivity index (χ2n) is 6.32. The number of carbonyl (C=O) groups is 2. The van der Waals surface area contributed by atoms with Crippen molar-refractivity contribution in [3.05, 3.63) is 16.8 Å². The molecule has 2 atom stereocenters. The summed E-state index contributed by atoms with van der Waals surface area (Å²) in [5, 5.41) is 6.43. The lowest BCUT2D eigenvalue weighted by Gasteiger charge is -2.18. The minimum atomic E-state index is -0.463. The van der Waals surface area contributed by atoms with Gasteiger partial charge in [0.05, 0.1) is 5.25 Å². The highest BCUT2D eigenvalue weighted by molar-refractivity contribution is 8.00. The fourth-order valence-corrected chi connectivity index (χ4v) is 5.34. The number of thiophene rings is 1. The summed E-state index contributed by atoms with van der Waals surface area (Å²) in [4.78, 5) is 35.0. The minimum absolute atomic E-state index is 0.319. The van der Waals surface area contributed by atoms with Crippen LogP contribution in [0.5, 0.6) is 0 Å². The first-order chi connectivity index (χ1) is 12.0. The van der Waals surface area contributed by atoms with Gasteiger partial charge >= 0.3 is 6.03 Å². The first-order valence-electron chi connectivity index (χ1n) is 8.50. The molecule has 0 radical (unpaired) electrons. The number of rotatable bonds is 4. The van der Waals surface area contributed by atoms with Gasteiger partial charge in [0.25, 0.3) is 0 Å². The summed E-state index contributed by atoms with van der Waals surface area (Å²) in [6.45, 7) is 6.35. The number of amides is 3. The van der Waals surface area contributed by atoms with E-state index in [-0.39, 0.29) is 5.91 Å². The van der Waals surface area contributed by atoms with Crippen molar-refractivity contribution in [3.8, 4) is 0 Å². The zero-order valence-electron chi connectivity index (χ0n) is 14.6. The fourth-order valence-electron chi connectivity index (χ4n) is 2.97. The molecule has 0 aromatic carbocycles. The Kier molecular flexibility index (Phi) is 5.58. The molecular weight excluding hydrogens is 356 g/mol. The van der Waals surface area contributed by atoms with E-state index in [1.807, 2.05) is 0 Å². The van der Waals surface area contributed by atoms with Crippen LogP contribution in [0.25, 0.3) is 10.2 Å². The normalized spacial score (nSPS) is 17.8. The molecule has 2 aromatic heterocycles. The molecule has 0 spiro atoms. The average Bonchev–Trinajstić information content (AvgIpc) is 2.93. The standard InChI is InChI=1S/C17H22N4O2S2/c1-4-18-17(23)21-14(22)10(3)24-15-13-11-6-5-9(2)7-12(11)25-16(13)20-8-19-15/h8-10H,4-7H2,1-3H3,(H2,18,21,22,23)/t9-,10+/m0/s1. The van der Waals surface area contributed by atoms with Crippen molar-refractivity contribution in [2.45, 2.75) is 50.3 Å². The molecule has 0 bridgehead atoms. The smallest absolute Gasteiger partial charge is 0.321 e. The number of thioether (sulfide) groups is 1. The first kappa shape index (κ1) is 18.1. The Morgan fingerprint density at radius 3 is 3.00 bits per heavy atom. The number of aryl methyl sites for hydroxylation is 1. The number of aromatic nitrogens is 2. The highest BCUT2D eigenvalue weighted by Crippen LogP contribution is 2.41. The van der Waals surface area contributed by atoms with Crippen molar-refractivity contribution in [2.24, 2.45) is 5.92 Å². The van der Waals surface area contributed by atoms with Gasteiger partial charge in [-0.3, -0.25) is 10.1 Å². The van der Waals surface area contributed by atoms with Crippen molar-refractivity contribution in [1.82, 2.24) is 20.6 Å². The zero-order chi connectivity index (χ0) is 18.0. The predicted molar refractivity (Wildman–Crippen MR) is 101 cm³/mol. The van der Waals surface area contributed by atoms with Crippen molar-refractivity contribution in [1.29, 1.82) is 0 Å². The predicted octanol–water partition coefficient (Wildman–Crippen LogP) is 3.14. The fraction of sp³-hybridized carbons (Fsp3) is 0.529. The third-order valence-corrected chi connectivity index (χ3v) is 6.55. The second kappa shape index (κ2) is 7.70. The molecule has 0 unspecified atom stereocenters. The molecule has 25 heavy (non-hydrogen) atoms. The molecule has 3 rings (SSSR count). The summed E-state index contributed by atoms with van der Waals surface area (Å²) in [7, 11) is 0. The van der Waals surface area contributed by atoms with Crippen LogP contribution in [0.1, 0.15) is 37.6 Å². The van der Waals surface area contributed by atoms with Crippen LogP contribution < -0.4 is 10.6 Å². The van der Waals surface area contributed by atoms with E-state index < -0.39 is 11.3 Å². The molecule has 2 heterocycles. The molecule has 2 aromatic rings. The van der Waals surface area contributed by atoms with Crippen molar-refractivity contribution in [3.63, 3.8) is 0 Å². The van der Waals surface area contributed by atoms with Gasteiger partial charge in [-0.1, -0.05) is 18.7 Å². The van der Waals surface area contributed by atoms with E-state index in [9.17, 15) is 9.59 Å². The molecule has 1 aliphatic carbocycles. The van der Waals surface area contributed by atoms with E-state index in [2.05, 4.69) is 27.5 Å². The number of urea groups is 1. The lowest BCUT2D eigenvalue weighted by molar-refractivity contribution is -0.119. The molecule has 8 heteroatoms. The van der Waals surface area contributed by atoms with E-state index in [4.69, 9.17) is 0 Å². The van der Waals surface area contributed by atoms with E-state index >= 15 is 0 Å². The van der Waals surface area contributed by atoms with Gasteiger partial charge in [0, 0.05) is 16.8 Å². The van der Waals surface area contributed by atoms with Gasteiger partial charge < -0.3 is 5.32 Å². The van der Waals surface area contributed by atoms with Crippen LogP contribution >= 0.6 is 23.1 Å². The third-order valence-electron chi connectivity index (χ3n) is 4.29. The van der Waals surface area contributed by atoms with Gasteiger partial charge in [0.2, 0.25) is 5.91 Å². The van der Waals surface area contributed by atoms with Crippen LogP contribution in [0.4, 0.5) is 4.79 Å². The Balaban J connectivity index is 1.82. The molecule has 0 saturated heterocycles. The Morgan fingerprint density at radius 2 is 2.24 bits per heavy atom. The van der Waals surface area contributed by atoms with Crippen molar-refractivity contribution in [2.75, 3.05) is 6.54 Å². The molecule has 2 N–H and O–H groups in total. The lowest BCUT2D eigenvalue weighted by Crippen LogP contribution is -2.42. The highest BCUT2D eigenvalue weighted by atomic mass is 32.2. The van der Waals surface area contributed by atoms with E-state index in [0.29, 0.717) is 12.5 Å². The van der Waals surface area contributed by atoms with Gasteiger partial charge in [-0.05, 0) is 44.6 Å². The summed E-state index contributed by atoms with van der Waals surface area (Å²) < 4.78 is 0. The zero-order valence-corrected chi connectivity index (χ0v) is 16.2. The summed E-state index contributed by atoms with van der Waals surface area (Å²) in [5.74, 6) is 0.381. The first-order valence-corrected chi connectivity index (χ1v) is 10.2. The highest BCUT2D eigenvalue weighted by Gasteiger charge is 2.25. The maximum absolute atomic E-state index is 12.2. The monoisotopic (exact) mass is 378 g/mol. The molecule has 0 fully saturated rings. The quantitative estimate of drug-likeness (QED) is 0.631. The topological polar surface area (TPSA) is 84.0 Å². The Morgan fingerprint density at radius 1 is 1.44 bits per heavy atom. The number of hydrogen-bond donors (Lipinski definition) is 2. The Labute approximate surface area is 155 Å². The molecular formula is C17H22N4O2S2. The number of carbonyl (C=O) groups excluding carboxylic acids is 2. The molecule has 6 nitrogen and oxygen atoms in total. The van der Waals surface area contributed by atoms with E-state index in [1.165, 1.54) is 28.6 Å². The molecule has 1 aliphatic rings. The van der Waals surface area contributed by atoms with Crippen LogP contribution in [0.3, 0.4) is 0 Å². The van der Waals surface area contributed by atoms with Crippen molar-refractivity contribution < 1.29 is 9.59 Å². The Hall–Kier alpha value is -1.67. The number of nitrogens with zero attached hydrogens (tertiary/aromatic N) is 2. The van der Waals surface area contributed by atoms with Gasteiger partial charge in [0.1, 0.15) is 16.2 Å². The number of fused-ring (bicyclic) bond motifs is 3. The van der Waals surface area contributed by atoms with Crippen LogP contribution in [0, 0.1) is 5.92 Å². The lowest BCUT2D eigenvalue weighted by atomic mass is 9.89. The molecule has 134 valence electrons. The minimum Gasteiger partial charge on any atom is -0.338 e. The third kappa shape index (κ3) is 3.95. The molecule has 3 amide bonds. The summed E-state index contributed by atoms with van der Waals surface area (Å²) in [6.07, 6.45) is 4.86. The summed E-state index contributed by atoms with van der Waals surface area (Å²) >= 11 is 3.12. The van der Waals surface area contributed by atoms with Crippen LogP contribution in [0.15, 0.2) is 11.4 Å². The van der Waals surface area contributed by atoms with Gasteiger partial charge in [0.15, 0.2) is 0 Å². The number of hydrogen-bond acceptors (Lipinski definition) is 6. The van der Waals surface area contributed by atoms with Crippen LogP contribution in [-0.4, -0.2) is 33.7 Å². The van der Waals surface area contributed by atoms with E-state index in [1.54, 1.807) is 31.5 Å². The Bertz CT molecular complexity index is 805. The van der Waals surface area contributed by atoms with Gasteiger partial charge in [-0.2, -0.15) is 0 Å². The summed E-state index contributed by atoms with van der Waals surface area (Å²) in [5.41, 5.74) is 1.34. The van der Waals surface area contributed by atoms with Crippen LogP contribution in [0.2, 0.25) is 0 Å². The van der Waals surface area contributed by atoms with Crippen molar-refractivity contribution >= 4 is 45.3 Å². The maximum atomic E-state index is 12.2. The molecule has 0 aliphatic heterocycles. The second-order valence-corrected chi connectivity index (χ2v) is 8.73. The average molecular weight is 379 g/mol. The molecule has 0 saturated carbocycles. The maximum Gasteiger partial charge on any atom is 0.321 e. The number of imide groups is 1. The van der Waals surface area contributed by atoms with E-state index in [0.717, 1.165) is 28.1 Å². The SMILES string of the molecule is CCNC(=O)NC(=O)[C@@H](C)Sc1ncnc2sc3c(c12)CC[C@H](C)C3. The number of nitrogens with one attached hydrogen (secondary N) is 2. The largest absolute Gasteiger partial charge is 0.338 e. The van der Waals surface area contributed by atoms with Gasteiger partial charge in [-0.25, -0.2) is 14.8 Å². The summed E-state index contributed by atoms with van der Waals surface area (Å²) in [6, 6.07) is -0.463. The van der Waals surface area contributed by atoms with Crippen LogP contribution in [-0.2, 0) is 17.6 Å².